The number of rotatable bonds is 4. The van der Waals surface area contributed by atoms with Crippen molar-refractivity contribution in [1.29, 1.82) is 0 Å². The average Bonchev–Trinajstić information content (AvgIpc) is 3.00. The molecule has 0 aliphatic carbocycles. The van der Waals surface area contributed by atoms with Crippen LogP contribution in [0, 0.1) is 0 Å². The van der Waals surface area contributed by atoms with E-state index < -0.39 is 6.10 Å². The highest BCUT2D eigenvalue weighted by molar-refractivity contribution is 6.04. The standard InChI is InChI=1S/C14H13N5O3/c20-11(9-4-2-6-12(21)16-9)7-15-14(22)8-3-1-5-10-13(8)18-19-17-10/h1-6,11,20H,7H2,(H,15,22)(H,16,21)(H,17,18,19). The van der Waals surface area contributed by atoms with Crippen molar-refractivity contribution < 1.29 is 9.90 Å². The number of fused-ring (bicyclic) bond motifs is 1. The molecule has 2 aromatic heterocycles. The molecule has 8 heteroatoms. The van der Waals surface area contributed by atoms with Gasteiger partial charge in [0.2, 0.25) is 5.56 Å². The Bertz CT molecular complexity index is 870. The minimum atomic E-state index is -1.01. The van der Waals surface area contributed by atoms with E-state index in [9.17, 15) is 14.7 Å². The summed E-state index contributed by atoms with van der Waals surface area (Å²) in [6.45, 7) is -0.0347. The van der Waals surface area contributed by atoms with Crippen molar-refractivity contribution >= 4 is 16.9 Å². The molecule has 112 valence electrons. The van der Waals surface area contributed by atoms with Gasteiger partial charge in [-0.15, -0.1) is 0 Å². The largest absolute Gasteiger partial charge is 0.385 e. The number of aliphatic hydroxyl groups is 1. The van der Waals surface area contributed by atoms with Crippen LogP contribution in [-0.2, 0) is 0 Å². The van der Waals surface area contributed by atoms with Crippen LogP contribution in [0.15, 0.2) is 41.2 Å². The lowest BCUT2D eigenvalue weighted by Gasteiger charge is -2.12. The van der Waals surface area contributed by atoms with E-state index in [-0.39, 0.29) is 18.0 Å². The summed E-state index contributed by atoms with van der Waals surface area (Å²) in [5.41, 5.74) is 1.44. The van der Waals surface area contributed by atoms with Gasteiger partial charge in [-0.3, -0.25) is 9.59 Å². The number of aromatic nitrogens is 4. The van der Waals surface area contributed by atoms with Crippen LogP contribution in [-0.4, -0.2) is 38.0 Å². The number of nitrogens with zero attached hydrogens (tertiary/aromatic N) is 2. The Morgan fingerprint density at radius 3 is 2.86 bits per heavy atom. The SMILES string of the molecule is O=C(NCC(O)c1cccc(=O)[nH]1)c1cccc2n[nH]nc12. The third-order valence-corrected chi connectivity index (χ3v) is 3.20. The van der Waals surface area contributed by atoms with Crippen LogP contribution in [0.2, 0.25) is 0 Å². The lowest BCUT2D eigenvalue weighted by atomic mass is 10.1. The molecular formula is C14H13N5O3. The molecular weight excluding hydrogens is 286 g/mol. The van der Waals surface area contributed by atoms with Crippen molar-refractivity contribution in [2.75, 3.05) is 6.54 Å². The Labute approximate surface area is 124 Å². The average molecular weight is 299 g/mol. The first kappa shape index (κ1) is 14.0. The first-order valence-corrected chi connectivity index (χ1v) is 6.60. The summed E-state index contributed by atoms with van der Waals surface area (Å²) in [6, 6.07) is 9.52. The zero-order chi connectivity index (χ0) is 15.5. The van der Waals surface area contributed by atoms with Gasteiger partial charge in [0.1, 0.15) is 17.1 Å². The number of aliphatic hydroxyl groups excluding tert-OH is 1. The van der Waals surface area contributed by atoms with Crippen molar-refractivity contribution in [2.45, 2.75) is 6.10 Å². The van der Waals surface area contributed by atoms with Crippen LogP contribution < -0.4 is 10.9 Å². The highest BCUT2D eigenvalue weighted by Gasteiger charge is 2.15. The van der Waals surface area contributed by atoms with Crippen LogP contribution in [0.5, 0.6) is 0 Å². The Balaban J connectivity index is 1.72. The molecule has 0 saturated heterocycles. The smallest absolute Gasteiger partial charge is 0.253 e. The Kier molecular flexibility index (Phi) is 3.67. The summed E-state index contributed by atoms with van der Waals surface area (Å²) in [5.74, 6) is -0.378. The van der Waals surface area contributed by atoms with E-state index in [2.05, 4.69) is 25.7 Å². The van der Waals surface area contributed by atoms with Crippen LogP contribution in [0.1, 0.15) is 22.2 Å². The van der Waals surface area contributed by atoms with E-state index in [4.69, 9.17) is 0 Å². The number of nitrogens with one attached hydrogen (secondary N) is 3. The van der Waals surface area contributed by atoms with Gasteiger partial charge >= 0.3 is 0 Å². The van der Waals surface area contributed by atoms with Crippen molar-refractivity contribution in [3.05, 3.63) is 58.0 Å². The summed E-state index contributed by atoms with van der Waals surface area (Å²) in [6.07, 6.45) is -1.01. The Hall–Kier alpha value is -3.00. The fraction of sp³-hybridized carbons (Fsp3) is 0.143. The molecule has 0 aliphatic rings. The van der Waals surface area contributed by atoms with Crippen molar-refractivity contribution in [2.24, 2.45) is 0 Å². The topological polar surface area (TPSA) is 124 Å². The number of H-pyrrole nitrogens is 2. The molecule has 0 spiro atoms. The monoisotopic (exact) mass is 299 g/mol. The molecule has 1 aromatic carbocycles. The maximum Gasteiger partial charge on any atom is 0.253 e. The van der Waals surface area contributed by atoms with Gasteiger partial charge < -0.3 is 15.4 Å². The molecule has 1 amide bonds. The van der Waals surface area contributed by atoms with Gasteiger partial charge in [-0.05, 0) is 18.2 Å². The lowest BCUT2D eigenvalue weighted by Crippen LogP contribution is -2.29. The predicted molar refractivity (Wildman–Crippen MR) is 78.2 cm³/mol. The van der Waals surface area contributed by atoms with Crippen LogP contribution in [0.25, 0.3) is 11.0 Å². The summed E-state index contributed by atoms with van der Waals surface area (Å²) >= 11 is 0. The van der Waals surface area contributed by atoms with Gasteiger partial charge in [0.15, 0.2) is 0 Å². The molecule has 0 bridgehead atoms. The second-order valence-corrected chi connectivity index (χ2v) is 4.69. The molecule has 4 N–H and O–H groups in total. The summed E-state index contributed by atoms with van der Waals surface area (Å²) in [5, 5.41) is 22.9. The van der Waals surface area contributed by atoms with E-state index in [1.54, 1.807) is 24.3 Å². The van der Waals surface area contributed by atoms with E-state index in [1.165, 1.54) is 12.1 Å². The molecule has 0 saturated carbocycles. The maximum absolute atomic E-state index is 12.2. The highest BCUT2D eigenvalue weighted by atomic mass is 16.3. The zero-order valence-electron chi connectivity index (χ0n) is 11.4. The van der Waals surface area contributed by atoms with Crippen LogP contribution >= 0.6 is 0 Å². The number of carbonyl (C=O) groups excluding carboxylic acids is 1. The third-order valence-electron chi connectivity index (χ3n) is 3.20. The highest BCUT2D eigenvalue weighted by Crippen LogP contribution is 2.13. The van der Waals surface area contributed by atoms with Crippen LogP contribution in [0.4, 0.5) is 0 Å². The number of amides is 1. The summed E-state index contributed by atoms with van der Waals surface area (Å²) in [7, 11) is 0. The van der Waals surface area contributed by atoms with E-state index in [0.717, 1.165) is 0 Å². The minimum absolute atomic E-state index is 0.0347. The summed E-state index contributed by atoms with van der Waals surface area (Å²) in [4.78, 5) is 25.9. The Morgan fingerprint density at radius 1 is 1.23 bits per heavy atom. The first-order valence-electron chi connectivity index (χ1n) is 6.60. The van der Waals surface area contributed by atoms with Crippen LogP contribution in [0.3, 0.4) is 0 Å². The van der Waals surface area contributed by atoms with E-state index in [1.807, 2.05) is 0 Å². The van der Waals surface area contributed by atoms with Crippen molar-refractivity contribution in [3.63, 3.8) is 0 Å². The van der Waals surface area contributed by atoms with Crippen molar-refractivity contribution in [1.82, 2.24) is 25.7 Å². The number of carbonyl (C=O) groups is 1. The molecule has 2 heterocycles. The van der Waals surface area contributed by atoms with Gasteiger partial charge in [-0.2, -0.15) is 15.4 Å². The molecule has 3 rings (SSSR count). The maximum atomic E-state index is 12.2. The zero-order valence-corrected chi connectivity index (χ0v) is 11.4. The normalized spacial score (nSPS) is 12.2. The van der Waals surface area contributed by atoms with E-state index in [0.29, 0.717) is 22.3 Å². The number of benzene rings is 1. The van der Waals surface area contributed by atoms with Crippen molar-refractivity contribution in [3.8, 4) is 0 Å². The number of hydrogen-bond donors (Lipinski definition) is 4. The lowest BCUT2D eigenvalue weighted by molar-refractivity contribution is 0.0915. The second-order valence-electron chi connectivity index (χ2n) is 4.69. The molecule has 0 fully saturated rings. The predicted octanol–water partition coefficient (Wildman–Crippen LogP) is 0.110. The fourth-order valence-corrected chi connectivity index (χ4v) is 2.10. The molecule has 8 nitrogen and oxygen atoms in total. The molecule has 1 atom stereocenters. The molecule has 3 aromatic rings. The number of para-hydroxylation sites is 1. The van der Waals surface area contributed by atoms with Gasteiger partial charge in [-0.1, -0.05) is 12.1 Å². The fourth-order valence-electron chi connectivity index (χ4n) is 2.10. The third kappa shape index (κ3) is 2.72. The number of hydrogen-bond acceptors (Lipinski definition) is 5. The number of aromatic amines is 2. The molecule has 22 heavy (non-hydrogen) atoms. The van der Waals surface area contributed by atoms with Gasteiger partial charge in [0, 0.05) is 18.3 Å². The first-order chi connectivity index (χ1) is 10.6. The quantitative estimate of drug-likeness (QED) is 0.544. The molecule has 0 radical (unpaired) electrons. The number of pyridine rings is 1. The summed E-state index contributed by atoms with van der Waals surface area (Å²) < 4.78 is 0. The second kappa shape index (κ2) is 5.78. The molecule has 1 unspecified atom stereocenters. The van der Waals surface area contributed by atoms with E-state index >= 15 is 0 Å². The molecule has 0 aliphatic heterocycles. The van der Waals surface area contributed by atoms with Gasteiger partial charge in [0.25, 0.3) is 5.91 Å². The van der Waals surface area contributed by atoms with Gasteiger partial charge in [0.05, 0.1) is 5.56 Å². The van der Waals surface area contributed by atoms with Gasteiger partial charge in [-0.25, -0.2) is 0 Å². The Morgan fingerprint density at radius 2 is 2.05 bits per heavy atom. The minimum Gasteiger partial charge on any atom is -0.385 e.